The number of allylic oxidation sites excluding steroid dienone is 1. The molecule has 0 saturated heterocycles. The summed E-state index contributed by atoms with van der Waals surface area (Å²) in [6, 6.07) is 12.4. The molecule has 2 nitrogen and oxygen atoms in total. The van der Waals surface area contributed by atoms with Crippen LogP contribution in [0.5, 0.6) is 11.5 Å². The molecule has 0 heterocycles. The zero-order valence-corrected chi connectivity index (χ0v) is 22.3. The van der Waals surface area contributed by atoms with Gasteiger partial charge in [-0.1, -0.05) is 30.3 Å². The molecule has 2 aromatic rings. The Morgan fingerprint density at radius 3 is 1.95 bits per heavy atom. The summed E-state index contributed by atoms with van der Waals surface area (Å²) in [6.45, 7) is 6.49. The van der Waals surface area contributed by atoms with Crippen LogP contribution in [0.4, 0.5) is 8.78 Å². The van der Waals surface area contributed by atoms with Gasteiger partial charge in [-0.2, -0.15) is 8.78 Å². The van der Waals surface area contributed by atoms with Gasteiger partial charge in [0.1, 0.15) is 0 Å². The third-order valence-corrected chi connectivity index (χ3v) is 9.50. The van der Waals surface area contributed by atoms with Crippen molar-refractivity contribution in [3.05, 3.63) is 71.8 Å². The highest BCUT2D eigenvalue weighted by molar-refractivity contribution is 5.35. The summed E-state index contributed by atoms with van der Waals surface area (Å²) in [5.74, 6) is 2.20. The second-order valence-corrected chi connectivity index (χ2v) is 11.7. The van der Waals surface area contributed by atoms with Gasteiger partial charge in [0.25, 0.3) is 0 Å². The van der Waals surface area contributed by atoms with Crippen molar-refractivity contribution >= 4 is 0 Å². The minimum atomic E-state index is -0.973. The molecule has 37 heavy (non-hydrogen) atoms. The van der Waals surface area contributed by atoms with Gasteiger partial charge in [-0.25, -0.2) is 0 Å². The van der Waals surface area contributed by atoms with Crippen molar-refractivity contribution in [1.82, 2.24) is 0 Å². The zero-order chi connectivity index (χ0) is 25.8. The van der Waals surface area contributed by atoms with Crippen molar-refractivity contribution in [2.45, 2.75) is 83.0 Å². The Kier molecular flexibility index (Phi) is 8.52. The Morgan fingerprint density at radius 2 is 1.30 bits per heavy atom. The molecule has 3 saturated carbocycles. The maximum Gasteiger partial charge on any atom is 0.204 e. The molecule has 200 valence electrons. The first-order valence-electron chi connectivity index (χ1n) is 14.5. The number of benzene rings is 2. The lowest BCUT2D eigenvalue weighted by Crippen LogP contribution is -2.29. The number of rotatable bonds is 8. The summed E-state index contributed by atoms with van der Waals surface area (Å²) in [5.41, 5.74) is 2.97. The Bertz CT molecular complexity index is 1040. The molecule has 3 fully saturated rings. The lowest BCUT2D eigenvalue weighted by molar-refractivity contribution is 0.133. The van der Waals surface area contributed by atoms with E-state index in [4.69, 9.17) is 9.47 Å². The number of ether oxygens (including phenoxy) is 2. The van der Waals surface area contributed by atoms with Crippen molar-refractivity contribution in [1.29, 1.82) is 0 Å². The third kappa shape index (κ3) is 6.04. The summed E-state index contributed by atoms with van der Waals surface area (Å²) < 4.78 is 39.2. The van der Waals surface area contributed by atoms with Gasteiger partial charge >= 0.3 is 0 Å². The van der Waals surface area contributed by atoms with Crippen molar-refractivity contribution in [2.24, 2.45) is 23.7 Å². The number of fused-ring (bicyclic) bond motifs is 1. The number of halogens is 2. The van der Waals surface area contributed by atoms with Gasteiger partial charge < -0.3 is 9.47 Å². The molecule has 2 aromatic carbocycles. The molecule has 0 radical (unpaired) electrons. The molecule has 5 rings (SSSR count). The first-order valence-corrected chi connectivity index (χ1v) is 14.5. The van der Waals surface area contributed by atoms with E-state index >= 15 is 0 Å². The molecule has 0 bridgehead atoms. The van der Waals surface area contributed by atoms with Crippen molar-refractivity contribution in [2.75, 3.05) is 13.2 Å². The fourth-order valence-electron chi connectivity index (χ4n) is 7.25. The Hall–Kier alpha value is -2.36. The predicted molar refractivity (Wildman–Crippen MR) is 145 cm³/mol. The quantitative estimate of drug-likeness (QED) is 0.331. The Balaban J connectivity index is 1.09. The van der Waals surface area contributed by atoms with E-state index < -0.39 is 11.6 Å². The summed E-state index contributed by atoms with van der Waals surface area (Å²) in [5, 5.41) is 0. The molecule has 0 amide bonds. The topological polar surface area (TPSA) is 18.5 Å². The summed E-state index contributed by atoms with van der Waals surface area (Å²) in [6.07, 6.45) is 14.6. The van der Waals surface area contributed by atoms with Crippen molar-refractivity contribution in [3.8, 4) is 11.5 Å². The number of hydrogen-bond donors (Lipinski definition) is 0. The SMILES string of the molecule is C=CC1CCC2CC(c3ccc(C4CCC(COc5ccc(OCC)c(F)c5F)CC4)cc3)CCC2C1. The monoisotopic (exact) mass is 508 g/mol. The smallest absolute Gasteiger partial charge is 0.204 e. The van der Waals surface area contributed by atoms with Gasteiger partial charge in [0, 0.05) is 0 Å². The highest BCUT2D eigenvalue weighted by Crippen LogP contribution is 2.48. The van der Waals surface area contributed by atoms with Crippen LogP contribution >= 0.6 is 0 Å². The van der Waals surface area contributed by atoms with Crippen LogP contribution in [0.15, 0.2) is 49.1 Å². The van der Waals surface area contributed by atoms with E-state index in [1.54, 1.807) is 6.92 Å². The second kappa shape index (κ2) is 12.0. The molecule has 4 atom stereocenters. The van der Waals surface area contributed by atoms with Crippen LogP contribution in [0.3, 0.4) is 0 Å². The van der Waals surface area contributed by atoms with Crippen LogP contribution in [0.25, 0.3) is 0 Å². The van der Waals surface area contributed by atoms with Gasteiger partial charge in [-0.15, -0.1) is 6.58 Å². The molecule has 4 heteroatoms. The lowest BCUT2D eigenvalue weighted by Gasteiger charge is -2.41. The predicted octanol–water partition coefficient (Wildman–Crippen LogP) is 9.20. The van der Waals surface area contributed by atoms with Crippen LogP contribution in [0.2, 0.25) is 0 Å². The summed E-state index contributed by atoms with van der Waals surface area (Å²) in [4.78, 5) is 0. The average molecular weight is 509 g/mol. The highest BCUT2D eigenvalue weighted by atomic mass is 19.2. The van der Waals surface area contributed by atoms with Gasteiger partial charge in [-0.05, 0) is 130 Å². The van der Waals surface area contributed by atoms with Crippen LogP contribution < -0.4 is 9.47 Å². The third-order valence-electron chi connectivity index (χ3n) is 9.50. The molecule has 3 aliphatic carbocycles. The van der Waals surface area contributed by atoms with Crippen LogP contribution in [0, 0.1) is 35.3 Å². The van der Waals surface area contributed by atoms with E-state index in [1.807, 2.05) is 0 Å². The van der Waals surface area contributed by atoms with E-state index in [0.717, 1.165) is 49.4 Å². The standard InChI is InChI=1S/C33H42F2O2/c1-3-22-5-10-29-20-28(16-15-27(29)19-22)26-13-11-25(12-14-26)24-8-6-23(7-9-24)21-37-31-18-17-30(36-4-2)32(34)33(31)35/h3,11-14,17-18,22-24,27-29H,1,4-10,15-16,19-21H2,2H3. The van der Waals surface area contributed by atoms with Gasteiger partial charge in [-0.3, -0.25) is 0 Å². The largest absolute Gasteiger partial charge is 0.491 e. The Morgan fingerprint density at radius 1 is 0.730 bits per heavy atom. The van der Waals surface area contributed by atoms with Crippen molar-refractivity contribution < 1.29 is 18.3 Å². The molecule has 0 N–H and O–H groups in total. The van der Waals surface area contributed by atoms with Crippen molar-refractivity contribution in [3.63, 3.8) is 0 Å². The van der Waals surface area contributed by atoms with Crippen LogP contribution in [0.1, 0.15) is 94.1 Å². The molecular weight excluding hydrogens is 466 g/mol. The molecule has 0 aromatic heterocycles. The minimum Gasteiger partial charge on any atom is -0.491 e. The molecule has 0 spiro atoms. The molecule has 3 aliphatic rings. The maximum atomic E-state index is 14.3. The molecular formula is C33H42F2O2. The Labute approximate surface area is 221 Å². The van der Waals surface area contributed by atoms with E-state index in [-0.39, 0.29) is 11.5 Å². The van der Waals surface area contributed by atoms with E-state index in [0.29, 0.717) is 25.0 Å². The average Bonchev–Trinajstić information content (AvgIpc) is 2.95. The fourth-order valence-corrected chi connectivity index (χ4v) is 7.25. The minimum absolute atomic E-state index is 0.0264. The molecule has 0 aliphatic heterocycles. The lowest BCUT2D eigenvalue weighted by atomic mass is 9.64. The first-order chi connectivity index (χ1) is 18.1. The summed E-state index contributed by atoms with van der Waals surface area (Å²) >= 11 is 0. The zero-order valence-electron chi connectivity index (χ0n) is 22.3. The van der Waals surface area contributed by atoms with Gasteiger partial charge in [0.15, 0.2) is 11.5 Å². The normalized spacial score (nSPS) is 29.8. The molecule has 4 unspecified atom stereocenters. The van der Waals surface area contributed by atoms with E-state index in [1.165, 1.54) is 61.8 Å². The highest BCUT2D eigenvalue weighted by Gasteiger charge is 2.35. The van der Waals surface area contributed by atoms with Crippen LogP contribution in [-0.4, -0.2) is 13.2 Å². The second-order valence-electron chi connectivity index (χ2n) is 11.7. The first kappa shape index (κ1) is 26.3. The van der Waals surface area contributed by atoms with Crippen LogP contribution in [-0.2, 0) is 0 Å². The van der Waals surface area contributed by atoms with E-state index in [9.17, 15) is 8.78 Å². The summed E-state index contributed by atoms with van der Waals surface area (Å²) in [7, 11) is 0. The maximum absolute atomic E-state index is 14.3. The van der Waals surface area contributed by atoms with Gasteiger partial charge in [0.2, 0.25) is 11.6 Å². The number of hydrogen-bond acceptors (Lipinski definition) is 2. The fraction of sp³-hybridized carbons (Fsp3) is 0.576. The van der Waals surface area contributed by atoms with Gasteiger partial charge in [0.05, 0.1) is 13.2 Å². The van der Waals surface area contributed by atoms with E-state index in [2.05, 4.69) is 36.9 Å².